The van der Waals surface area contributed by atoms with E-state index < -0.39 is 11.4 Å². The third-order valence-electron chi connectivity index (χ3n) is 5.52. The van der Waals surface area contributed by atoms with Crippen molar-refractivity contribution in [1.29, 1.82) is 0 Å². The Bertz CT molecular complexity index is 598. The number of carbonyl (C=O) groups is 2. The number of ether oxygens (including phenoxy) is 1. The fourth-order valence-electron chi connectivity index (χ4n) is 3.78. The van der Waals surface area contributed by atoms with E-state index in [1.165, 1.54) is 0 Å². The molecule has 2 aliphatic rings. The summed E-state index contributed by atoms with van der Waals surface area (Å²) in [5.41, 5.74) is 1.34. The van der Waals surface area contributed by atoms with Gasteiger partial charge in [0.15, 0.2) is 0 Å². The standard InChI is InChI=1S/C19H25NO4/c1-2-24-17(21)14-8-12-20(13-9-14)16-6-4-15(5-7-16)19(18(22)23)10-3-11-19/h4-7,14H,2-3,8-13H2,1H3,(H,22,23). The molecule has 5 heteroatoms. The Labute approximate surface area is 142 Å². The number of hydrogen-bond acceptors (Lipinski definition) is 4. The number of carboxylic acids is 1. The predicted octanol–water partition coefficient (Wildman–Crippen LogP) is 2.97. The first-order valence-electron chi connectivity index (χ1n) is 8.82. The molecule has 0 spiro atoms. The van der Waals surface area contributed by atoms with Gasteiger partial charge in [0.05, 0.1) is 17.9 Å². The Balaban J connectivity index is 1.63. The lowest BCUT2D eigenvalue weighted by Crippen LogP contribution is -2.42. The molecule has 1 heterocycles. The second-order valence-corrected chi connectivity index (χ2v) is 6.80. The third-order valence-corrected chi connectivity index (χ3v) is 5.52. The van der Waals surface area contributed by atoms with Crippen molar-refractivity contribution in [2.24, 2.45) is 5.92 Å². The Hall–Kier alpha value is -2.04. The van der Waals surface area contributed by atoms with Crippen molar-refractivity contribution in [2.45, 2.75) is 44.4 Å². The van der Waals surface area contributed by atoms with E-state index in [0.29, 0.717) is 6.61 Å². The molecule has 1 aliphatic carbocycles. The van der Waals surface area contributed by atoms with E-state index in [4.69, 9.17) is 4.74 Å². The second kappa shape index (κ2) is 6.83. The molecule has 1 saturated carbocycles. The van der Waals surface area contributed by atoms with Crippen LogP contribution >= 0.6 is 0 Å². The van der Waals surface area contributed by atoms with Crippen LogP contribution in [0.25, 0.3) is 0 Å². The molecule has 2 fully saturated rings. The summed E-state index contributed by atoms with van der Waals surface area (Å²) in [6, 6.07) is 7.95. The zero-order valence-corrected chi connectivity index (χ0v) is 14.2. The fourth-order valence-corrected chi connectivity index (χ4v) is 3.78. The van der Waals surface area contributed by atoms with E-state index in [-0.39, 0.29) is 11.9 Å². The Morgan fingerprint density at radius 1 is 1.21 bits per heavy atom. The summed E-state index contributed by atoms with van der Waals surface area (Å²) in [5, 5.41) is 9.53. The summed E-state index contributed by atoms with van der Waals surface area (Å²) in [6.45, 7) is 3.92. The van der Waals surface area contributed by atoms with E-state index in [1.807, 2.05) is 31.2 Å². The summed E-state index contributed by atoms with van der Waals surface area (Å²) in [4.78, 5) is 25.7. The Morgan fingerprint density at radius 3 is 2.29 bits per heavy atom. The van der Waals surface area contributed by atoms with E-state index in [2.05, 4.69) is 4.90 Å². The van der Waals surface area contributed by atoms with E-state index >= 15 is 0 Å². The van der Waals surface area contributed by atoms with Crippen LogP contribution in [-0.4, -0.2) is 36.7 Å². The van der Waals surface area contributed by atoms with Crippen molar-refractivity contribution < 1.29 is 19.4 Å². The fraction of sp³-hybridized carbons (Fsp3) is 0.579. The van der Waals surface area contributed by atoms with Gasteiger partial charge in [-0.25, -0.2) is 0 Å². The van der Waals surface area contributed by atoms with Crippen LogP contribution in [0.3, 0.4) is 0 Å². The lowest BCUT2D eigenvalue weighted by molar-refractivity contribution is -0.149. The molecule has 130 valence electrons. The number of carboxylic acid groups (broad SMARTS) is 1. The zero-order valence-electron chi connectivity index (χ0n) is 14.2. The van der Waals surface area contributed by atoms with Crippen LogP contribution in [-0.2, 0) is 19.7 Å². The zero-order chi connectivity index (χ0) is 17.2. The third kappa shape index (κ3) is 2.99. The highest BCUT2D eigenvalue weighted by Crippen LogP contribution is 2.44. The molecule has 5 nitrogen and oxygen atoms in total. The second-order valence-electron chi connectivity index (χ2n) is 6.80. The smallest absolute Gasteiger partial charge is 0.314 e. The maximum Gasteiger partial charge on any atom is 0.314 e. The number of esters is 1. The number of aliphatic carboxylic acids is 1. The van der Waals surface area contributed by atoms with Gasteiger partial charge in [0, 0.05) is 18.8 Å². The first-order valence-corrected chi connectivity index (χ1v) is 8.82. The summed E-state index contributed by atoms with van der Waals surface area (Å²) >= 11 is 0. The van der Waals surface area contributed by atoms with Crippen LogP contribution < -0.4 is 4.90 Å². The summed E-state index contributed by atoms with van der Waals surface area (Å²) in [7, 11) is 0. The molecule has 0 unspecified atom stereocenters. The number of anilines is 1. The van der Waals surface area contributed by atoms with Gasteiger partial charge in [-0.1, -0.05) is 18.6 Å². The van der Waals surface area contributed by atoms with Gasteiger partial charge in [0.1, 0.15) is 0 Å². The molecule has 0 atom stereocenters. The van der Waals surface area contributed by atoms with Crippen molar-refractivity contribution >= 4 is 17.6 Å². The highest BCUT2D eigenvalue weighted by atomic mass is 16.5. The number of carbonyl (C=O) groups excluding carboxylic acids is 1. The normalized spacial score (nSPS) is 20.3. The molecule has 1 aromatic carbocycles. The highest BCUT2D eigenvalue weighted by Gasteiger charge is 2.45. The van der Waals surface area contributed by atoms with Gasteiger partial charge in [-0.15, -0.1) is 0 Å². The molecule has 1 N–H and O–H groups in total. The van der Waals surface area contributed by atoms with Crippen LogP contribution in [0.2, 0.25) is 0 Å². The average Bonchev–Trinajstić information content (AvgIpc) is 2.54. The minimum atomic E-state index is -0.711. The number of benzene rings is 1. The van der Waals surface area contributed by atoms with Gasteiger partial charge in [0.2, 0.25) is 0 Å². The first-order chi connectivity index (χ1) is 11.6. The monoisotopic (exact) mass is 331 g/mol. The highest BCUT2D eigenvalue weighted by molar-refractivity contribution is 5.82. The molecular weight excluding hydrogens is 306 g/mol. The van der Waals surface area contributed by atoms with E-state index in [9.17, 15) is 14.7 Å². The molecular formula is C19H25NO4. The maximum atomic E-state index is 11.8. The summed E-state index contributed by atoms with van der Waals surface area (Å²) in [6.07, 6.45) is 4.05. The van der Waals surface area contributed by atoms with Crippen molar-refractivity contribution in [3.8, 4) is 0 Å². The van der Waals surface area contributed by atoms with Gasteiger partial charge < -0.3 is 14.7 Å². The lowest BCUT2D eigenvalue weighted by atomic mass is 9.64. The molecule has 0 bridgehead atoms. The van der Waals surface area contributed by atoms with Crippen LogP contribution in [0.5, 0.6) is 0 Å². The SMILES string of the molecule is CCOC(=O)C1CCN(c2ccc(C3(C(=O)O)CCC3)cc2)CC1. The minimum Gasteiger partial charge on any atom is -0.481 e. The van der Waals surface area contributed by atoms with Crippen LogP contribution in [0, 0.1) is 5.92 Å². The average molecular weight is 331 g/mol. The van der Waals surface area contributed by atoms with Crippen molar-refractivity contribution in [2.75, 3.05) is 24.6 Å². The van der Waals surface area contributed by atoms with Gasteiger partial charge in [-0.05, 0) is 50.3 Å². The summed E-state index contributed by atoms with van der Waals surface area (Å²) < 4.78 is 5.10. The van der Waals surface area contributed by atoms with Crippen LogP contribution in [0.1, 0.15) is 44.6 Å². The molecule has 1 aromatic rings. The maximum absolute atomic E-state index is 11.8. The van der Waals surface area contributed by atoms with Crippen LogP contribution in [0.15, 0.2) is 24.3 Å². The van der Waals surface area contributed by atoms with E-state index in [1.54, 1.807) is 0 Å². The van der Waals surface area contributed by atoms with Gasteiger partial charge in [-0.2, -0.15) is 0 Å². The van der Waals surface area contributed by atoms with Gasteiger partial charge in [0.25, 0.3) is 0 Å². The topological polar surface area (TPSA) is 66.8 Å². The Kier molecular flexibility index (Phi) is 4.78. The van der Waals surface area contributed by atoms with Crippen molar-refractivity contribution in [3.05, 3.63) is 29.8 Å². The molecule has 0 radical (unpaired) electrons. The number of rotatable bonds is 5. The van der Waals surface area contributed by atoms with Gasteiger partial charge in [-0.3, -0.25) is 9.59 Å². The van der Waals surface area contributed by atoms with Gasteiger partial charge >= 0.3 is 11.9 Å². The lowest BCUT2D eigenvalue weighted by Gasteiger charge is -2.38. The van der Waals surface area contributed by atoms with E-state index in [0.717, 1.165) is 56.4 Å². The molecule has 1 aliphatic heterocycles. The summed E-state index contributed by atoms with van der Waals surface area (Å²) in [5.74, 6) is -0.789. The number of hydrogen-bond donors (Lipinski definition) is 1. The van der Waals surface area contributed by atoms with Crippen molar-refractivity contribution in [3.63, 3.8) is 0 Å². The molecule has 1 saturated heterocycles. The van der Waals surface area contributed by atoms with Crippen LogP contribution in [0.4, 0.5) is 5.69 Å². The first kappa shape index (κ1) is 16.8. The number of piperidine rings is 1. The Morgan fingerprint density at radius 2 is 1.83 bits per heavy atom. The molecule has 0 aromatic heterocycles. The largest absolute Gasteiger partial charge is 0.481 e. The molecule has 3 rings (SSSR count). The van der Waals surface area contributed by atoms with Crippen molar-refractivity contribution in [1.82, 2.24) is 0 Å². The molecule has 24 heavy (non-hydrogen) atoms. The minimum absolute atomic E-state index is 0.00530. The molecule has 0 amide bonds. The quantitative estimate of drug-likeness (QED) is 0.840. The number of nitrogens with zero attached hydrogens (tertiary/aromatic N) is 1. The predicted molar refractivity (Wildman–Crippen MR) is 91.2 cm³/mol.